The molecule has 1 saturated heterocycles. The molecule has 0 bridgehead atoms. The van der Waals surface area contributed by atoms with E-state index in [9.17, 15) is 5.11 Å². The van der Waals surface area contributed by atoms with Gasteiger partial charge in [0.1, 0.15) is 0 Å². The van der Waals surface area contributed by atoms with Gasteiger partial charge in [0.25, 0.3) is 0 Å². The third kappa shape index (κ3) is 4.76. The van der Waals surface area contributed by atoms with Crippen LogP contribution in [0.25, 0.3) is 0 Å². The lowest BCUT2D eigenvalue weighted by Gasteiger charge is -2.36. The number of hydrogen-bond donors (Lipinski definition) is 2. The van der Waals surface area contributed by atoms with Gasteiger partial charge in [-0.1, -0.05) is 0 Å². The molecular formula is C11H23NO4. The quantitative estimate of drug-likeness (QED) is 0.645. The topological polar surface area (TPSA) is 62.2 Å². The zero-order chi connectivity index (χ0) is 12.0. The number of hydrogen-bond acceptors (Lipinski definition) is 5. The average Bonchev–Trinajstić information content (AvgIpc) is 2.25. The summed E-state index contributed by atoms with van der Waals surface area (Å²) in [7, 11) is 0. The number of ether oxygens (including phenoxy) is 2. The van der Waals surface area contributed by atoms with E-state index in [2.05, 4.69) is 4.90 Å². The summed E-state index contributed by atoms with van der Waals surface area (Å²) >= 11 is 0. The second-order valence-corrected chi connectivity index (χ2v) is 4.28. The van der Waals surface area contributed by atoms with Crippen LogP contribution in [0.2, 0.25) is 0 Å². The van der Waals surface area contributed by atoms with Crippen molar-refractivity contribution in [1.29, 1.82) is 0 Å². The number of rotatable bonds is 6. The summed E-state index contributed by atoms with van der Waals surface area (Å²) in [4.78, 5) is 2.11. The molecule has 2 N–H and O–H groups in total. The van der Waals surface area contributed by atoms with Gasteiger partial charge in [0, 0.05) is 26.2 Å². The van der Waals surface area contributed by atoms with Crippen molar-refractivity contribution in [2.45, 2.75) is 32.2 Å². The molecule has 16 heavy (non-hydrogen) atoms. The van der Waals surface area contributed by atoms with Crippen molar-refractivity contribution in [2.24, 2.45) is 0 Å². The molecule has 3 unspecified atom stereocenters. The highest BCUT2D eigenvalue weighted by Crippen LogP contribution is 2.11. The Morgan fingerprint density at radius 2 is 2.25 bits per heavy atom. The van der Waals surface area contributed by atoms with Crippen LogP contribution in [0.5, 0.6) is 0 Å². The average molecular weight is 233 g/mol. The Kier molecular flexibility index (Phi) is 6.23. The molecule has 0 spiro atoms. The molecule has 5 heteroatoms. The van der Waals surface area contributed by atoms with E-state index in [1.165, 1.54) is 0 Å². The first-order valence-corrected chi connectivity index (χ1v) is 5.90. The smallest absolute Gasteiger partial charge is 0.0936 e. The zero-order valence-corrected chi connectivity index (χ0v) is 10.1. The first kappa shape index (κ1) is 13.9. The normalized spacial score (nSPS) is 29.2. The lowest BCUT2D eigenvalue weighted by atomic mass is 10.2. The molecule has 0 aromatic rings. The highest BCUT2D eigenvalue weighted by Gasteiger charge is 2.25. The van der Waals surface area contributed by atoms with E-state index in [1.807, 2.05) is 13.8 Å². The first-order chi connectivity index (χ1) is 7.65. The number of morpholine rings is 1. The van der Waals surface area contributed by atoms with E-state index >= 15 is 0 Å². The van der Waals surface area contributed by atoms with Gasteiger partial charge in [-0.25, -0.2) is 0 Å². The fourth-order valence-electron chi connectivity index (χ4n) is 2.00. The molecule has 5 nitrogen and oxygen atoms in total. The highest BCUT2D eigenvalue weighted by atomic mass is 16.5. The van der Waals surface area contributed by atoms with Gasteiger partial charge >= 0.3 is 0 Å². The van der Waals surface area contributed by atoms with E-state index in [4.69, 9.17) is 14.6 Å². The van der Waals surface area contributed by atoms with Crippen molar-refractivity contribution in [2.75, 3.05) is 39.5 Å². The van der Waals surface area contributed by atoms with Gasteiger partial charge < -0.3 is 19.7 Å². The van der Waals surface area contributed by atoms with Gasteiger partial charge in [-0.05, 0) is 13.8 Å². The van der Waals surface area contributed by atoms with E-state index in [-0.39, 0.29) is 18.8 Å². The number of nitrogens with zero attached hydrogens (tertiary/aromatic N) is 1. The minimum atomic E-state index is -0.468. The maximum absolute atomic E-state index is 9.71. The summed E-state index contributed by atoms with van der Waals surface area (Å²) in [5.41, 5.74) is 0. The predicted octanol–water partition coefficient (Wildman–Crippen LogP) is -0.535. The monoisotopic (exact) mass is 233 g/mol. The molecule has 96 valence electrons. The van der Waals surface area contributed by atoms with Crippen LogP contribution >= 0.6 is 0 Å². The second-order valence-electron chi connectivity index (χ2n) is 4.28. The molecule has 0 aromatic carbocycles. The second kappa shape index (κ2) is 7.19. The van der Waals surface area contributed by atoms with Gasteiger partial charge in [0.05, 0.1) is 31.5 Å². The number of β-amino-alcohol motifs (C(OH)–C–C–N with tert-alkyl or cyclic N) is 1. The fourth-order valence-corrected chi connectivity index (χ4v) is 2.00. The molecule has 0 saturated carbocycles. The van der Waals surface area contributed by atoms with Crippen molar-refractivity contribution >= 4 is 0 Å². The molecule has 1 aliphatic rings. The van der Waals surface area contributed by atoms with Crippen LogP contribution < -0.4 is 0 Å². The van der Waals surface area contributed by atoms with Gasteiger partial charge in [0.15, 0.2) is 0 Å². The third-order valence-electron chi connectivity index (χ3n) is 2.59. The maximum atomic E-state index is 9.71. The Hall–Kier alpha value is -0.200. The Bertz CT molecular complexity index is 191. The van der Waals surface area contributed by atoms with Gasteiger partial charge in [0.2, 0.25) is 0 Å². The van der Waals surface area contributed by atoms with E-state index in [0.29, 0.717) is 26.3 Å². The standard InChI is InChI=1S/C11H23NO4/c1-3-15-8-10(14)5-12-4-9(2)16-11(6-12)7-13/h9-11,13-14H,3-8H2,1-2H3. The third-order valence-corrected chi connectivity index (χ3v) is 2.59. The van der Waals surface area contributed by atoms with Crippen LogP contribution in [0.3, 0.4) is 0 Å². The van der Waals surface area contributed by atoms with Crippen LogP contribution in [0, 0.1) is 0 Å². The Labute approximate surface area is 97.0 Å². The largest absolute Gasteiger partial charge is 0.394 e. The van der Waals surface area contributed by atoms with Crippen molar-refractivity contribution in [3.8, 4) is 0 Å². The van der Waals surface area contributed by atoms with Crippen molar-refractivity contribution in [3.05, 3.63) is 0 Å². The Balaban J connectivity index is 2.29. The molecule has 1 rings (SSSR count). The van der Waals surface area contributed by atoms with Crippen molar-refractivity contribution in [1.82, 2.24) is 4.90 Å². The van der Waals surface area contributed by atoms with Gasteiger partial charge in [-0.2, -0.15) is 0 Å². The lowest BCUT2D eigenvalue weighted by molar-refractivity contribution is -0.105. The number of aliphatic hydroxyl groups is 2. The van der Waals surface area contributed by atoms with Crippen LogP contribution in [0.4, 0.5) is 0 Å². The Morgan fingerprint density at radius 3 is 2.88 bits per heavy atom. The van der Waals surface area contributed by atoms with Crippen LogP contribution in [-0.2, 0) is 9.47 Å². The molecule has 1 heterocycles. The van der Waals surface area contributed by atoms with E-state index in [0.717, 1.165) is 6.54 Å². The molecule has 0 aromatic heterocycles. The highest BCUT2D eigenvalue weighted by molar-refractivity contribution is 4.77. The van der Waals surface area contributed by atoms with Crippen LogP contribution in [0.1, 0.15) is 13.8 Å². The summed E-state index contributed by atoms with van der Waals surface area (Å²) in [6, 6.07) is 0. The molecule has 1 fully saturated rings. The molecule has 0 amide bonds. The molecular weight excluding hydrogens is 210 g/mol. The van der Waals surface area contributed by atoms with Gasteiger partial charge in [-0.15, -0.1) is 0 Å². The minimum absolute atomic E-state index is 0.0302. The molecule has 3 atom stereocenters. The molecule has 1 aliphatic heterocycles. The molecule has 0 radical (unpaired) electrons. The van der Waals surface area contributed by atoms with E-state index < -0.39 is 6.10 Å². The zero-order valence-electron chi connectivity index (χ0n) is 10.1. The van der Waals surface area contributed by atoms with Crippen molar-refractivity contribution in [3.63, 3.8) is 0 Å². The maximum Gasteiger partial charge on any atom is 0.0936 e. The SMILES string of the molecule is CCOCC(O)CN1CC(C)OC(CO)C1. The van der Waals surface area contributed by atoms with Gasteiger partial charge in [-0.3, -0.25) is 4.90 Å². The predicted molar refractivity (Wildman–Crippen MR) is 60.4 cm³/mol. The summed E-state index contributed by atoms with van der Waals surface area (Å²) in [6.07, 6.45) is -0.502. The molecule has 0 aliphatic carbocycles. The van der Waals surface area contributed by atoms with Crippen molar-refractivity contribution < 1.29 is 19.7 Å². The summed E-state index contributed by atoms with van der Waals surface area (Å²) in [5, 5.41) is 18.8. The van der Waals surface area contributed by atoms with E-state index in [1.54, 1.807) is 0 Å². The number of aliphatic hydroxyl groups excluding tert-OH is 2. The lowest BCUT2D eigenvalue weighted by Crippen LogP contribution is -2.50. The summed E-state index contributed by atoms with van der Waals surface area (Å²) < 4.78 is 10.7. The first-order valence-electron chi connectivity index (χ1n) is 5.90. The van der Waals surface area contributed by atoms with Crippen LogP contribution in [0.15, 0.2) is 0 Å². The summed E-state index contributed by atoms with van der Waals surface area (Å²) in [5.74, 6) is 0. The summed E-state index contributed by atoms with van der Waals surface area (Å²) in [6.45, 7) is 6.94. The Morgan fingerprint density at radius 1 is 1.50 bits per heavy atom. The van der Waals surface area contributed by atoms with Crippen LogP contribution in [-0.4, -0.2) is 72.9 Å². The fraction of sp³-hybridized carbons (Fsp3) is 1.00. The minimum Gasteiger partial charge on any atom is -0.394 e.